The summed E-state index contributed by atoms with van der Waals surface area (Å²) in [6, 6.07) is 10.8. The number of hydrogen-bond donors (Lipinski definition) is 1. The molecule has 0 saturated carbocycles. The smallest absolute Gasteiger partial charge is 0.0285 e. The van der Waals surface area contributed by atoms with Gasteiger partial charge in [0.05, 0.1) is 0 Å². The predicted molar refractivity (Wildman–Crippen MR) is 100 cm³/mol. The molecule has 1 heterocycles. The zero-order valence-corrected chi connectivity index (χ0v) is 16.6. The van der Waals surface area contributed by atoms with Crippen LogP contribution in [0.5, 0.6) is 0 Å². The number of halogens is 2. The summed E-state index contributed by atoms with van der Waals surface area (Å²) in [5.74, 6) is 0.463. The van der Waals surface area contributed by atoms with Crippen LogP contribution in [-0.4, -0.2) is 12.1 Å². The Bertz CT molecular complexity index is 586. The molecule has 1 unspecified atom stereocenters. The van der Waals surface area contributed by atoms with Crippen molar-refractivity contribution in [2.45, 2.75) is 38.6 Å². The van der Waals surface area contributed by atoms with Gasteiger partial charge in [-0.05, 0) is 60.8 Å². The van der Waals surface area contributed by atoms with Gasteiger partial charge in [-0.2, -0.15) is 0 Å². The van der Waals surface area contributed by atoms with Crippen molar-refractivity contribution < 1.29 is 0 Å². The highest BCUT2D eigenvalue weighted by Gasteiger charge is 2.19. The Labute approximate surface area is 148 Å². The fourth-order valence-electron chi connectivity index (χ4n) is 2.23. The second kappa shape index (κ2) is 7.40. The summed E-state index contributed by atoms with van der Waals surface area (Å²) in [5.41, 5.74) is 1.51. The van der Waals surface area contributed by atoms with Crippen LogP contribution in [0, 0.1) is 0 Å². The monoisotopic (exact) mass is 429 g/mol. The molecule has 0 bridgehead atoms. The zero-order valence-electron chi connectivity index (χ0n) is 12.6. The third-order valence-corrected chi connectivity index (χ3v) is 5.74. The van der Waals surface area contributed by atoms with Crippen LogP contribution in [0.1, 0.15) is 37.1 Å². The summed E-state index contributed by atoms with van der Waals surface area (Å²) >= 11 is 9.07. The van der Waals surface area contributed by atoms with Gasteiger partial charge in [-0.15, -0.1) is 11.3 Å². The largest absolute Gasteiger partial charge is 0.311 e. The zero-order chi connectivity index (χ0) is 15.5. The molecular weight excluding hydrogens is 410 g/mol. The van der Waals surface area contributed by atoms with Crippen molar-refractivity contribution in [3.63, 3.8) is 0 Å². The maximum Gasteiger partial charge on any atom is 0.0285 e. The van der Waals surface area contributed by atoms with Crippen molar-refractivity contribution in [3.8, 4) is 0 Å². The highest BCUT2D eigenvalue weighted by Crippen LogP contribution is 2.30. The number of thiophene rings is 1. The van der Waals surface area contributed by atoms with E-state index in [9.17, 15) is 0 Å². The van der Waals surface area contributed by atoms with Crippen LogP contribution >= 0.6 is 43.2 Å². The van der Waals surface area contributed by atoms with E-state index in [1.54, 1.807) is 0 Å². The second-order valence-electron chi connectivity index (χ2n) is 6.28. The summed E-state index contributed by atoms with van der Waals surface area (Å²) in [6.45, 7) is 7.62. The molecule has 0 spiro atoms. The van der Waals surface area contributed by atoms with E-state index in [-0.39, 0.29) is 5.54 Å². The van der Waals surface area contributed by atoms with E-state index in [1.807, 2.05) is 11.3 Å². The topological polar surface area (TPSA) is 12.0 Å². The normalized spacial score (nSPS) is 13.4. The molecule has 1 N–H and O–H groups in total. The standard InChI is InChI=1S/C17H21Br2NS/c1-17(2,3)20-10-12(8-14-9-13(18)11-21-14)15-6-4-5-7-16(15)19/h4-7,9,11-12,20H,8,10H2,1-3H3. The molecule has 21 heavy (non-hydrogen) atoms. The minimum absolute atomic E-state index is 0.134. The van der Waals surface area contributed by atoms with Gasteiger partial charge in [0.25, 0.3) is 0 Å². The van der Waals surface area contributed by atoms with Crippen molar-refractivity contribution in [2.75, 3.05) is 6.54 Å². The Hall–Kier alpha value is -0.160. The number of benzene rings is 1. The van der Waals surface area contributed by atoms with Crippen molar-refractivity contribution in [1.82, 2.24) is 5.32 Å². The molecule has 114 valence electrons. The van der Waals surface area contributed by atoms with Gasteiger partial charge in [-0.1, -0.05) is 34.1 Å². The van der Waals surface area contributed by atoms with Crippen LogP contribution < -0.4 is 5.32 Å². The predicted octanol–water partition coefficient (Wildman–Crippen LogP) is 5.99. The van der Waals surface area contributed by atoms with Gasteiger partial charge in [-0.3, -0.25) is 0 Å². The van der Waals surface area contributed by atoms with Gasteiger partial charge in [0.2, 0.25) is 0 Å². The minimum atomic E-state index is 0.134. The molecule has 1 nitrogen and oxygen atoms in total. The lowest BCUT2D eigenvalue weighted by molar-refractivity contribution is 0.405. The van der Waals surface area contributed by atoms with Crippen molar-refractivity contribution in [3.05, 3.63) is 55.1 Å². The van der Waals surface area contributed by atoms with Crippen LogP contribution in [0.2, 0.25) is 0 Å². The highest BCUT2D eigenvalue weighted by molar-refractivity contribution is 9.10. The first-order chi connectivity index (χ1) is 9.85. The van der Waals surface area contributed by atoms with Crippen LogP contribution in [0.3, 0.4) is 0 Å². The molecule has 1 atom stereocenters. The fraction of sp³-hybridized carbons (Fsp3) is 0.412. The fourth-order valence-corrected chi connectivity index (χ4v) is 4.37. The van der Waals surface area contributed by atoms with Gasteiger partial charge in [0, 0.05) is 37.2 Å². The molecule has 4 heteroatoms. The van der Waals surface area contributed by atoms with E-state index in [4.69, 9.17) is 0 Å². The van der Waals surface area contributed by atoms with Gasteiger partial charge in [-0.25, -0.2) is 0 Å². The van der Waals surface area contributed by atoms with E-state index in [2.05, 4.69) is 93.7 Å². The Kier molecular flexibility index (Phi) is 6.06. The molecule has 0 aliphatic carbocycles. The SMILES string of the molecule is CC(C)(C)NCC(Cc1cc(Br)cs1)c1ccccc1Br. The van der Waals surface area contributed by atoms with Crippen LogP contribution in [0.25, 0.3) is 0 Å². The van der Waals surface area contributed by atoms with E-state index in [0.29, 0.717) is 5.92 Å². The van der Waals surface area contributed by atoms with Gasteiger partial charge < -0.3 is 5.32 Å². The highest BCUT2D eigenvalue weighted by atomic mass is 79.9. The van der Waals surface area contributed by atoms with E-state index in [0.717, 1.165) is 13.0 Å². The third-order valence-electron chi connectivity index (χ3n) is 3.29. The molecule has 1 aromatic heterocycles. The molecule has 0 aliphatic rings. The molecule has 0 radical (unpaired) electrons. The van der Waals surface area contributed by atoms with E-state index in [1.165, 1.54) is 19.4 Å². The lowest BCUT2D eigenvalue weighted by Crippen LogP contribution is -2.39. The van der Waals surface area contributed by atoms with Gasteiger partial charge >= 0.3 is 0 Å². The third kappa shape index (κ3) is 5.51. The van der Waals surface area contributed by atoms with Crippen molar-refractivity contribution in [2.24, 2.45) is 0 Å². The summed E-state index contributed by atoms with van der Waals surface area (Å²) < 4.78 is 2.37. The van der Waals surface area contributed by atoms with E-state index < -0.39 is 0 Å². The minimum Gasteiger partial charge on any atom is -0.311 e. The summed E-state index contributed by atoms with van der Waals surface area (Å²) in [6.07, 6.45) is 1.06. The summed E-state index contributed by atoms with van der Waals surface area (Å²) in [4.78, 5) is 1.42. The Morgan fingerprint density at radius 3 is 2.48 bits per heavy atom. The van der Waals surface area contributed by atoms with E-state index >= 15 is 0 Å². The average molecular weight is 431 g/mol. The molecule has 2 rings (SSSR count). The molecule has 0 aliphatic heterocycles. The maximum absolute atomic E-state index is 3.70. The number of nitrogens with one attached hydrogen (secondary N) is 1. The Balaban J connectivity index is 2.19. The maximum atomic E-state index is 3.70. The quantitative estimate of drug-likeness (QED) is 0.614. The summed E-state index contributed by atoms with van der Waals surface area (Å²) in [5, 5.41) is 5.80. The lowest BCUT2D eigenvalue weighted by Gasteiger charge is -2.26. The molecule has 0 saturated heterocycles. The van der Waals surface area contributed by atoms with Gasteiger partial charge in [0.1, 0.15) is 0 Å². The molecule has 0 fully saturated rings. The molecule has 0 amide bonds. The number of rotatable bonds is 5. The molecular formula is C17H21Br2NS. The Morgan fingerprint density at radius 1 is 1.19 bits per heavy atom. The van der Waals surface area contributed by atoms with Crippen LogP contribution in [-0.2, 0) is 6.42 Å². The lowest BCUT2D eigenvalue weighted by atomic mass is 9.94. The van der Waals surface area contributed by atoms with Crippen LogP contribution in [0.15, 0.2) is 44.7 Å². The molecule has 1 aromatic carbocycles. The van der Waals surface area contributed by atoms with Crippen molar-refractivity contribution >= 4 is 43.2 Å². The summed E-state index contributed by atoms with van der Waals surface area (Å²) in [7, 11) is 0. The second-order valence-corrected chi connectivity index (χ2v) is 9.05. The Morgan fingerprint density at radius 2 is 1.90 bits per heavy atom. The molecule has 2 aromatic rings. The first-order valence-electron chi connectivity index (χ1n) is 7.07. The van der Waals surface area contributed by atoms with Crippen molar-refractivity contribution in [1.29, 1.82) is 0 Å². The van der Waals surface area contributed by atoms with Crippen LogP contribution in [0.4, 0.5) is 0 Å². The first kappa shape index (κ1) is 17.2. The van der Waals surface area contributed by atoms with Gasteiger partial charge in [0.15, 0.2) is 0 Å². The first-order valence-corrected chi connectivity index (χ1v) is 9.54. The average Bonchev–Trinajstić information content (AvgIpc) is 2.80. The number of hydrogen-bond acceptors (Lipinski definition) is 2.